The quantitative estimate of drug-likeness (QED) is 0.811. The predicted molar refractivity (Wildman–Crippen MR) is 72.6 cm³/mol. The van der Waals surface area contributed by atoms with E-state index in [0.29, 0.717) is 18.7 Å². The minimum absolute atomic E-state index is 0.0706. The second-order valence-corrected chi connectivity index (χ2v) is 6.61. The molecule has 2 saturated heterocycles. The molecular weight excluding hydrogens is 228 g/mol. The van der Waals surface area contributed by atoms with Crippen LogP contribution in [0.5, 0.6) is 0 Å². The van der Waals surface area contributed by atoms with Crippen LogP contribution in [-0.2, 0) is 9.47 Å². The summed E-state index contributed by atoms with van der Waals surface area (Å²) in [4.78, 5) is 2.57. The van der Waals surface area contributed by atoms with Gasteiger partial charge in [-0.05, 0) is 40.5 Å². The molecule has 2 aliphatic heterocycles. The molecule has 18 heavy (non-hydrogen) atoms. The molecule has 2 rings (SSSR count). The third-order valence-electron chi connectivity index (χ3n) is 4.41. The maximum atomic E-state index is 6.16. The van der Waals surface area contributed by atoms with E-state index in [1.165, 1.54) is 0 Å². The van der Waals surface area contributed by atoms with Gasteiger partial charge in [-0.15, -0.1) is 0 Å². The first-order valence-corrected chi connectivity index (χ1v) is 7.11. The SMILES string of the molecule is CC1CN(C2(CN)CCOC(C)(C)C2)C(C)CO1. The fourth-order valence-electron chi connectivity index (χ4n) is 3.55. The summed E-state index contributed by atoms with van der Waals surface area (Å²) in [6.07, 6.45) is 2.34. The maximum Gasteiger partial charge on any atom is 0.0675 e. The zero-order valence-corrected chi connectivity index (χ0v) is 12.2. The van der Waals surface area contributed by atoms with Crippen molar-refractivity contribution in [2.75, 3.05) is 26.3 Å². The molecular formula is C14H28N2O2. The number of ether oxygens (including phenoxy) is 2. The Bertz CT molecular complexity index is 296. The smallest absolute Gasteiger partial charge is 0.0675 e. The van der Waals surface area contributed by atoms with Crippen molar-refractivity contribution < 1.29 is 9.47 Å². The van der Waals surface area contributed by atoms with Gasteiger partial charge < -0.3 is 15.2 Å². The highest BCUT2D eigenvalue weighted by molar-refractivity contribution is 5.02. The molecule has 0 radical (unpaired) electrons. The molecule has 0 aromatic rings. The third kappa shape index (κ3) is 2.72. The Morgan fingerprint density at radius 3 is 2.67 bits per heavy atom. The van der Waals surface area contributed by atoms with E-state index in [-0.39, 0.29) is 11.1 Å². The molecule has 4 heteroatoms. The van der Waals surface area contributed by atoms with Gasteiger partial charge in [0.1, 0.15) is 0 Å². The van der Waals surface area contributed by atoms with E-state index in [2.05, 4.69) is 32.6 Å². The summed E-state index contributed by atoms with van der Waals surface area (Å²) in [5.74, 6) is 0. The molecule has 3 atom stereocenters. The summed E-state index contributed by atoms with van der Waals surface area (Å²) in [7, 11) is 0. The third-order valence-corrected chi connectivity index (χ3v) is 4.41. The van der Waals surface area contributed by atoms with Crippen LogP contribution in [0.15, 0.2) is 0 Å². The van der Waals surface area contributed by atoms with Crippen molar-refractivity contribution in [1.29, 1.82) is 0 Å². The molecule has 3 unspecified atom stereocenters. The van der Waals surface area contributed by atoms with Gasteiger partial charge in [0, 0.05) is 31.3 Å². The van der Waals surface area contributed by atoms with Crippen LogP contribution in [0.3, 0.4) is 0 Å². The van der Waals surface area contributed by atoms with Crippen molar-refractivity contribution in [3.8, 4) is 0 Å². The molecule has 0 aliphatic carbocycles. The van der Waals surface area contributed by atoms with Crippen LogP contribution in [0.4, 0.5) is 0 Å². The van der Waals surface area contributed by atoms with E-state index in [4.69, 9.17) is 15.2 Å². The normalized spacial score (nSPS) is 41.8. The second kappa shape index (κ2) is 5.08. The number of nitrogens with two attached hydrogens (primary N) is 1. The summed E-state index contributed by atoms with van der Waals surface area (Å²) in [6, 6.07) is 0.443. The lowest BCUT2D eigenvalue weighted by Crippen LogP contribution is -2.66. The van der Waals surface area contributed by atoms with Gasteiger partial charge in [0.05, 0.1) is 18.3 Å². The Labute approximate surface area is 111 Å². The van der Waals surface area contributed by atoms with Crippen molar-refractivity contribution in [1.82, 2.24) is 4.90 Å². The molecule has 4 nitrogen and oxygen atoms in total. The molecule has 0 amide bonds. The standard InChI is InChI=1S/C14H28N2O2/c1-11-8-17-12(2)7-16(11)14(10-15)5-6-18-13(3,4)9-14/h11-12H,5-10,15H2,1-4H3. The molecule has 106 valence electrons. The summed E-state index contributed by atoms with van der Waals surface area (Å²) in [6.45, 7) is 12.0. The monoisotopic (exact) mass is 256 g/mol. The first-order valence-electron chi connectivity index (χ1n) is 7.11. The van der Waals surface area contributed by atoms with Crippen molar-refractivity contribution >= 4 is 0 Å². The van der Waals surface area contributed by atoms with Gasteiger partial charge in [0.15, 0.2) is 0 Å². The summed E-state index contributed by atoms with van der Waals surface area (Å²) < 4.78 is 11.6. The van der Waals surface area contributed by atoms with Gasteiger partial charge in [-0.3, -0.25) is 4.90 Å². The molecule has 2 fully saturated rings. The highest BCUT2D eigenvalue weighted by Gasteiger charge is 2.46. The second-order valence-electron chi connectivity index (χ2n) is 6.61. The number of hydrogen-bond acceptors (Lipinski definition) is 4. The minimum atomic E-state index is -0.0706. The molecule has 2 N–H and O–H groups in total. The Hall–Kier alpha value is -0.160. The molecule has 0 spiro atoms. The minimum Gasteiger partial charge on any atom is -0.376 e. The maximum absolute atomic E-state index is 6.16. The lowest BCUT2D eigenvalue weighted by Gasteiger charge is -2.54. The highest BCUT2D eigenvalue weighted by Crippen LogP contribution is 2.38. The van der Waals surface area contributed by atoms with Crippen molar-refractivity contribution in [3.05, 3.63) is 0 Å². The number of morpholine rings is 1. The number of rotatable bonds is 2. The molecule has 0 aromatic heterocycles. The molecule has 0 bridgehead atoms. The lowest BCUT2D eigenvalue weighted by atomic mass is 9.78. The van der Waals surface area contributed by atoms with Gasteiger partial charge >= 0.3 is 0 Å². The molecule has 2 aliphatic rings. The first kappa shape index (κ1) is 14.3. The van der Waals surface area contributed by atoms with E-state index in [0.717, 1.165) is 32.6 Å². The van der Waals surface area contributed by atoms with E-state index in [1.54, 1.807) is 0 Å². The summed E-state index contributed by atoms with van der Waals surface area (Å²) in [5, 5.41) is 0. The number of nitrogens with zero attached hydrogens (tertiary/aromatic N) is 1. The van der Waals surface area contributed by atoms with Gasteiger partial charge in [0.2, 0.25) is 0 Å². The Balaban J connectivity index is 2.20. The van der Waals surface area contributed by atoms with Gasteiger partial charge in [-0.25, -0.2) is 0 Å². The van der Waals surface area contributed by atoms with Crippen molar-refractivity contribution in [3.63, 3.8) is 0 Å². The van der Waals surface area contributed by atoms with E-state index < -0.39 is 0 Å². The van der Waals surface area contributed by atoms with Crippen molar-refractivity contribution in [2.45, 2.75) is 63.8 Å². The zero-order valence-electron chi connectivity index (χ0n) is 12.2. The molecule has 0 aromatic carbocycles. The fraction of sp³-hybridized carbons (Fsp3) is 1.00. The predicted octanol–water partition coefficient (Wildman–Crippen LogP) is 1.38. The van der Waals surface area contributed by atoms with Crippen LogP contribution < -0.4 is 5.73 Å². The van der Waals surface area contributed by atoms with E-state index in [9.17, 15) is 0 Å². The molecule has 2 heterocycles. The Kier molecular flexibility index (Phi) is 4.02. The Morgan fingerprint density at radius 1 is 1.33 bits per heavy atom. The Morgan fingerprint density at radius 2 is 2.06 bits per heavy atom. The van der Waals surface area contributed by atoms with Gasteiger partial charge in [-0.1, -0.05) is 0 Å². The van der Waals surface area contributed by atoms with E-state index >= 15 is 0 Å². The first-order chi connectivity index (χ1) is 8.38. The molecule has 0 saturated carbocycles. The van der Waals surface area contributed by atoms with E-state index in [1.807, 2.05) is 0 Å². The van der Waals surface area contributed by atoms with Crippen LogP contribution in [0, 0.1) is 0 Å². The van der Waals surface area contributed by atoms with Crippen LogP contribution in [0.1, 0.15) is 40.5 Å². The van der Waals surface area contributed by atoms with Gasteiger partial charge in [-0.2, -0.15) is 0 Å². The van der Waals surface area contributed by atoms with Crippen LogP contribution >= 0.6 is 0 Å². The van der Waals surface area contributed by atoms with Crippen molar-refractivity contribution in [2.24, 2.45) is 5.73 Å². The van der Waals surface area contributed by atoms with Gasteiger partial charge in [0.25, 0.3) is 0 Å². The lowest BCUT2D eigenvalue weighted by molar-refractivity contribution is -0.157. The largest absolute Gasteiger partial charge is 0.376 e. The fourth-order valence-corrected chi connectivity index (χ4v) is 3.55. The van der Waals surface area contributed by atoms with Crippen LogP contribution in [0.2, 0.25) is 0 Å². The average molecular weight is 256 g/mol. The zero-order chi connectivity index (χ0) is 13.4. The average Bonchev–Trinajstić information content (AvgIpc) is 2.31. The summed E-state index contributed by atoms with van der Waals surface area (Å²) >= 11 is 0. The summed E-state index contributed by atoms with van der Waals surface area (Å²) in [5.41, 5.74) is 6.17. The number of hydrogen-bond donors (Lipinski definition) is 1. The topological polar surface area (TPSA) is 47.7 Å². The highest BCUT2D eigenvalue weighted by atomic mass is 16.5. The van der Waals surface area contributed by atoms with Crippen LogP contribution in [-0.4, -0.2) is 54.5 Å². The van der Waals surface area contributed by atoms with Crippen LogP contribution in [0.25, 0.3) is 0 Å².